The molecule has 1 saturated carbocycles. The van der Waals surface area contributed by atoms with Crippen LogP contribution in [0, 0.1) is 11.7 Å². The van der Waals surface area contributed by atoms with E-state index in [4.69, 9.17) is 4.74 Å². The number of hydrogen-bond acceptors (Lipinski definition) is 1. The summed E-state index contributed by atoms with van der Waals surface area (Å²) in [6, 6.07) is 3.35. The third-order valence-electron chi connectivity index (χ3n) is 5.01. The van der Waals surface area contributed by atoms with Gasteiger partial charge in [-0.3, -0.25) is 0 Å². The Labute approximate surface area is 123 Å². The lowest BCUT2D eigenvalue weighted by Crippen LogP contribution is -2.15. The topological polar surface area (TPSA) is 12.5 Å². The molecule has 1 nitrogen and oxygen atoms in total. The summed E-state index contributed by atoms with van der Waals surface area (Å²) in [5.41, 5.74) is 0.417. The molecule has 0 amide bonds. The van der Waals surface area contributed by atoms with Gasteiger partial charge in [-0.1, -0.05) is 25.5 Å². The number of ether oxygens (including phenoxy) is 1. The zero-order valence-corrected chi connectivity index (χ0v) is 12.2. The highest BCUT2D eigenvalue weighted by Gasteiger charge is 2.34. The van der Waals surface area contributed by atoms with Gasteiger partial charge in [0.15, 0.2) is 0 Å². The molecule has 1 aromatic carbocycles. The van der Waals surface area contributed by atoms with E-state index in [9.17, 15) is 13.2 Å². The van der Waals surface area contributed by atoms with Crippen LogP contribution in [0.3, 0.4) is 0 Å². The van der Waals surface area contributed by atoms with Gasteiger partial charge in [-0.25, -0.2) is 13.2 Å². The Kier molecular flexibility index (Phi) is 4.25. The van der Waals surface area contributed by atoms with Crippen molar-refractivity contribution in [3.8, 4) is 0 Å². The first-order valence-corrected chi connectivity index (χ1v) is 7.83. The summed E-state index contributed by atoms with van der Waals surface area (Å²) in [4.78, 5) is 0. The molecule has 1 aliphatic carbocycles. The van der Waals surface area contributed by atoms with Crippen LogP contribution in [-0.2, 0) is 4.74 Å². The van der Waals surface area contributed by atoms with Crippen molar-refractivity contribution in [3.05, 3.63) is 34.6 Å². The van der Waals surface area contributed by atoms with E-state index in [-0.39, 0.29) is 23.1 Å². The van der Waals surface area contributed by atoms with Crippen LogP contribution in [0.25, 0.3) is 0 Å². The first kappa shape index (κ1) is 14.9. The van der Waals surface area contributed by atoms with Crippen LogP contribution < -0.4 is 0 Å². The molecule has 0 spiro atoms. The standard InChI is InChI=1S/C17H21F3O/c1-2-10-3-5-11(6-4-10)12-7-8-13(14-9-21-14)16(18)15(12)17(19)20/h7-8,10-11,14,17H,2-6,9H2,1H3. The Morgan fingerprint density at radius 2 is 1.76 bits per heavy atom. The molecule has 116 valence electrons. The number of hydrogen-bond donors (Lipinski definition) is 0. The number of epoxide rings is 1. The number of halogens is 3. The largest absolute Gasteiger partial charge is 0.368 e. The molecule has 4 heteroatoms. The molecule has 2 fully saturated rings. The molecule has 21 heavy (non-hydrogen) atoms. The Morgan fingerprint density at radius 1 is 1.14 bits per heavy atom. The minimum Gasteiger partial charge on any atom is -0.368 e. The fourth-order valence-corrected chi connectivity index (χ4v) is 3.56. The number of rotatable bonds is 4. The molecule has 1 unspecified atom stereocenters. The van der Waals surface area contributed by atoms with E-state index in [1.165, 1.54) is 0 Å². The van der Waals surface area contributed by atoms with E-state index in [1.54, 1.807) is 12.1 Å². The van der Waals surface area contributed by atoms with Crippen LogP contribution in [0.5, 0.6) is 0 Å². The molecule has 1 aromatic rings. The molecular formula is C17H21F3O. The Balaban J connectivity index is 1.89. The molecule has 0 radical (unpaired) electrons. The molecule has 3 rings (SSSR count). The highest BCUT2D eigenvalue weighted by atomic mass is 19.3. The molecular weight excluding hydrogens is 277 g/mol. The third kappa shape index (κ3) is 2.96. The van der Waals surface area contributed by atoms with Gasteiger partial charge in [-0.2, -0.15) is 0 Å². The molecule has 0 N–H and O–H groups in total. The van der Waals surface area contributed by atoms with E-state index in [0.717, 1.165) is 32.1 Å². The summed E-state index contributed by atoms with van der Waals surface area (Å²) < 4.78 is 46.2. The second-order valence-electron chi connectivity index (χ2n) is 6.22. The van der Waals surface area contributed by atoms with E-state index in [2.05, 4.69) is 6.92 Å². The second-order valence-corrected chi connectivity index (χ2v) is 6.22. The normalized spacial score (nSPS) is 28.9. The van der Waals surface area contributed by atoms with Crippen LogP contribution in [0.1, 0.15) is 74.2 Å². The van der Waals surface area contributed by atoms with Gasteiger partial charge in [0.05, 0.1) is 12.2 Å². The van der Waals surface area contributed by atoms with Crippen molar-refractivity contribution in [3.63, 3.8) is 0 Å². The van der Waals surface area contributed by atoms with Crippen molar-refractivity contribution in [1.82, 2.24) is 0 Å². The summed E-state index contributed by atoms with van der Waals surface area (Å²) in [5, 5.41) is 0. The van der Waals surface area contributed by atoms with E-state index in [1.807, 2.05) is 0 Å². The van der Waals surface area contributed by atoms with Crippen molar-refractivity contribution in [2.24, 2.45) is 5.92 Å². The molecule has 1 atom stereocenters. The first-order valence-electron chi connectivity index (χ1n) is 7.83. The van der Waals surface area contributed by atoms with Gasteiger partial charge in [-0.15, -0.1) is 0 Å². The minimum atomic E-state index is -2.76. The van der Waals surface area contributed by atoms with Gasteiger partial charge in [-0.05, 0) is 43.1 Å². The lowest BCUT2D eigenvalue weighted by Gasteiger charge is -2.29. The lowest BCUT2D eigenvalue weighted by molar-refractivity contribution is 0.143. The summed E-state index contributed by atoms with van der Waals surface area (Å²) >= 11 is 0. The molecule has 0 bridgehead atoms. The zero-order chi connectivity index (χ0) is 15.0. The van der Waals surface area contributed by atoms with Crippen molar-refractivity contribution in [1.29, 1.82) is 0 Å². The molecule has 1 saturated heterocycles. The summed E-state index contributed by atoms with van der Waals surface area (Å²) in [6.07, 6.45) is 1.93. The second kappa shape index (κ2) is 5.99. The van der Waals surface area contributed by atoms with Crippen LogP contribution in [0.4, 0.5) is 13.2 Å². The van der Waals surface area contributed by atoms with Crippen LogP contribution >= 0.6 is 0 Å². The monoisotopic (exact) mass is 298 g/mol. The third-order valence-corrected chi connectivity index (χ3v) is 5.01. The van der Waals surface area contributed by atoms with Crippen molar-refractivity contribution in [2.45, 2.75) is 57.5 Å². The fourth-order valence-electron chi connectivity index (χ4n) is 3.56. The highest BCUT2D eigenvalue weighted by Crippen LogP contribution is 2.43. The van der Waals surface area contributed by atoms with Gasteiger partial charge in [0.25, 0.3) is 6.43 Å². The maximum absolute atomic E-state index is 14.4. The lowest BCUT2D eigenvalue weighted by atomic mass is 9.76. The highest BCUT2D eigenvalue weighted by molar-refractivity contribution is 5.39. The average molecular weight is 298 g/mol. The van der Waals surface area contributed by atoms with Crippen molar-refractivity contribution in [2.75, 3.05) is 6.61 Å². The Morgan fingerprint density at radius 3 is 2.29 bits per heavy atom. The van der Waals surface area contributed by atoms with Crippen LogP contribution in [0.2, 0.25) is 0 Å². The van der Waals surface area contributed by atoms with Gasteiger partial charge in [0, 0.05) is 5.56 Å². The Hall–Kier alpha value is -1.03. The number of benzene rings is 1. The molecule has 1 aliphatic heterocycles. The fraction of sp³-hybridized carbons (Fsp3) is 0.647. The maximum atomic E-state index is 14.4. The predicted octanol–water partition coefficient (Wildman–Crippen LogP) is 5.52. The van der Waals surface area contributed by atoms with E-state index >= 15 is 0 Å². The average Bonchev–Trinajstić information content (AvgIpc) is 3.31. The predicted molar refractivity (Wildman–Crippen MR) is 75.0 cm³/mol. The van der Waals surface area contributed by atoms with Crippen molar-refractivity contribution >= 4 is 0 Å². The van der Waals surface area contributed by atoms with E-state index < -0.39 is 12.2 Å². The Bertz CT molecular complexity index is 503. The minimum absolute atomic E-state index is 0.0699. The quantitative estimate of drug-likeness (QED) is 0.667. The van der Waals surface area contributed by atoms with Gasteiger partial charge >= 0.3 is 0 Å². The SMILES string of the molecule is CCC1CCC(c2ccc(C3CO3)c(F)c2C(F)F)CC1. The maximum Gasteiger partial charge on any atom is 0.266 e. The summed E-state index contributed by atoms with van der Waals surface area (Å²) in [7, 11) is 0. The zero-order valence-electron chi connectivity index (χ0n) is 12.2. The van der Waals surface area contributed by atoms with Gasteiger partial charge in [0.2, 0.25) is 0 Å². The van der Waals surface area contributed by atoms with Crippen molar-refractivity contribution < 1.29 is 17.9 Å². The summed E-state index contributed by atoms with van der Waals surface area (Å²) in [6.45, 7) is 2.60. The smallest absolute Gasteiger partial charge is 0.266 e. The van der Waals surface area contributed by atoms with E-state index in [0.29, 0.717) is 18.1 Å². The molecule has 1 heterocycles. The van der Waals surface area contributed by atoms with Crippen LogP contribution in [0.15, 0.2) is 12.1 Å². The molecule has 2 aliphatic rings. The first-order chi connectivity index (χ1) is 10.1. The van der Waals surface area contributed by atoms with Crippen LogP contribution in [-0.4, -0.2) is 6.61 Å². The van der Waals surface area contributed by atoms with Gasteiger partial charge < -0.3 is 4.74 Å². The number of alkyl halides is 2. The van der Waals surface area contributed by atoms with Gasteiger partial charge in [0.1, 0.15) is 11.9 Å². The summed E-state index contributed by atoms with van der Waals surface area (Å²) in [5.74, 6) is 0.0170. The molecule has 0 aromatic heterocycles.